The summed E-state index contributed by atoms with van der Waals surface area (Å²) in [6.45, 7) is 1.89. The molecule has 1 N–H and O–H groups in total. The van der Waals surface area contributed by atoms with Crippen LogP contribution in [-0.2, 0) is 0 Å². The number of aryl methyl sites for hydroxylation is 1. The maximum atomic E-state index is 10.1. The Kier molecular flexibility index (Phi) is 3.50. The Morgan fingerprint density at radius 1 is 1.38 bits per heavy atom. The summed E-state index contributed by atoms with van der Waals surface area (Å²) in [7, 11) is 0. The fourth-order valence-electron chi connectivity index (χ4n) is 1.39. The highest BCUT2D eigenvalue weighted by Crippen LogP contribution is 2.34. The second-order valence-corrected chi connectivity index (χ2v) is 5.38. The second kappa shape index (κ2) is 4.72. The zero-order valence-electron chi connectivity index (χ0n) is 8.45. The maximum Gasteiger partial charge on any atom is 0.116 e. The van der Waals surface area contributed by atoms with Crippen molar-refractivity contribution in [3.05, 3.63) is 49.9 Å². The second-order valence-electron chi connectivity index (χ2n) is 3.33. The van der Waals surface area contributed by atoms with Gasteiger partial charge in [-0.05, 0) is 13.0 Å². The van der Waals surface area contributed by atoms with Crippen molar-refractivity contribution in [2.75, 3.05) is 0 Å². The van der Waals surface area contributed by atoms with Crippen LogP contribution in [0.15, 0.2) is 24.4 Å². The van der Waals surface area contributed by atoms with Gasteiger partial charge in [-0.2, -0.15) is 0 Å². The van der Waals surface area contributed by atoms with Crippen LogP contribution in [0.4, 0.5) is 0 Å². The van der Waals surface area contributed by atoms with Gasteiger partial charge >= 0.3 is 0 Å². The van der Waals surface area contributed by atoms with Crippen LogP contribution >= 0.6 is 34.5 Å². The number of aliphatic hydroxyl groups excluding tert-OH is 1. The third-order valence-electron chi connectivity index (χ3n) is 2.18. The van der Waals surface area contributed by atoms with E-state index >= 15 is 0 Å². The zero-order chi connectivity index (χ0) is 11.7. The fraction of sp³-hybridized carbons (Fsp3) is 0.182. The summed E-state index contributed by atoms with van der Waals surface area (Å²) in [4.78, 5) is 4.86. The Morgan fingerprint density at radius 3 is 2.75 bits per heavy atom. The molecule has 0 saturated carbocycles. The highest BCUT2D eigenvalue weighted by molar-refractivity contribution is 7.11. The molecule has 0 aliphatic rings. The van der Waals surface area contributed by atoms with E-state index in [9.17, 15) is 5.11 Å². The third-order valence-corrected chi connectivity index (χ3v) is 3.98. The minimum atomic E-state index is -0.766. The molecule has 16 heavy (non-hydrogen) atoms. The monoisotopic (exact) mass is 273 g/mol. The number of halogens is 2. The summed E-state index contributed by atoms with van der Waals surface area (Å²) in [6.07, 6.45) is 0.888. The van der Waals surface area contributed by atoms with Crippen molar-refractivity contribution >= 4 is 34.5 Å². The van der Waals surface area contributed by atoms with Gasteiger partial charge < -0.3 is 5.11 Å². The number of thiazole rings is 1. The third kappa shape index (κ3) is 2.23. The van der Waals surface area contributed by atoms with Crippen molar-refractivity contribution in [1.82, 2.24) is 4.98 Å². The first-order chi connectivity index (χ1) is 7.59. The lowest BCUT2D eigenvalue weighted by Crippen LogP contribution is -1.98. The van der Waals surface area contributed by atoms with E-state index in [-0.39, 0.29) is 0 Å². The molecule has 1 aromatic heterocycles. The van der Waals surface area contributed by atoms with E-state index in [0.29, 0.717) is 15.6 Å². The molecule has 5 heteroatoms. The van der Waals surface area contributed by atoms with E-state index in [1.807, 2.05) is 6.92 Å². The van der Waals surface area contributed by atoms with E-state index in [1.165, 1.54) is 11.3 Å². The summed E-state index contributed by atoms with van der Waals surface area (Å²) >= 11 is 13.4. The normalized spacial score (nSPS) is 12.8. The van der Waals surface area contributed by atoms with Crippen LogP contribution in [0.3, 0.4) is 0 Å². The summed E-state index contributed by atoms with van der Waals surface area (Å²) < 4.78 is 0. The average Bonchev–Trinajstić information content (AvgIpc) is 2.68. The van der Waals surface area contributed by atoms with Gasteiger partial charge in [0.25, 0.3) is 0 Å². The summed E-state index contributed by atoms with van der Waals surface area (Å²) in [5.41, 5.74) is 0.609. The molecule has 0 fully saturated rings. The number of aliphatic hydroxyl groups is 1. The average molecular weight is 274 g/mol. The number of benzene rings is 1. The smallest absolute Gasteiger partial charge is 0.116 e. The first-order valence-electron chi connectivity index (χ1n) is 4.64. The van der Waals surface area contributed by atoms with Crippen molar-refractivity contribution in [2.45, 2.75) is 13.0 Å². The van der Waals surface area contributed by atoms with E-state index < -0.39 is 6.10 Å². The van der Waals surface area contributed by atoms with Crippen molar-refractivity contribution in [3.63, 3.8) is 0 Å². The standard InChI is InChI=1S/C11H9Cl2NOS/c1-6-14-5-9(16-6)11(15)7-3-2-4-8(12)10(7)13/h2-5,11,15H,1H3. The van der Waals surface area contributed by atoms with Crippen LogP contribution in [0.1, 0.15) is 21.6 Å². The molecule has 0 saturated heterocycles. The molecule has 0 aliphatic carbocycles. The van der Waals surface area contributed by atoms with Gasteiger partial charge in [0.1, 0.15) is 6.10 Å². The van der Waals surface area contributed by atoms with Gasteiger partial charge in [-0.3, -0.25) is 0 Å². The molecule has 0 bridgehead atoms. The predicted molar refractivity (Wildman–Crippen MR) is 67.4 cm³/mol. The molecule has 1 aromatic carbocycles. The molecule has 0 spiro atoms. The van der Waals surface area contributed by atoms with Gasteiger partial charge in [-0.1, -0.05) is 35.3 Å². The first kappa shape index (κ1) is 11.9. The molecular formula is C11H9Cl2NOS. The Bertz CT molecular complexity index is 512. The Morgan fingerprint density at radius 2 is 2.12 bits per heavy atom. The van der Waals surface area contributed by atoms with E-state index in [2.05, 4.69) is 4.98 Å². The first-order valence-corrected chi connectivity index (χ1v) is 6.21. The van der Waals surface area contributed by atoms with Gasteiger partial charge in [-0.15, -0.1) is 11.3 Å². The molecule has 0 radical (unpaired) electrons. The van der Waals surface area contributed by atoms with Crippen LogP contribution in [-0.4, -0.2) is 10.1 Å². The van der Waals surface area contributed by atoms with Crippen LogP contribution < -0.4 is 0 Å². The van der Waals surface area contributed by atoms with Gasteiger partial charge in [0.2, 0.25) is 0 Å². The van der Waals surface area contributed by atoms with Crippen molar-refractivity contribution in [3.8, 4) is 0 Å². The molecule has 1 atom stereocenters. The molecule has 2 aromatic rings. The molecule has 0 aliphatic heterocycles. The molecular weight excluding hydrogens is 265 g/mol. The molecule has 2 nitrogen and oxygen atoms in total. The van der Waals surface area contributed by atoms with Crippen LogP contribution in [0.5, 0.6) is 0 Å². The number of aromatic nitrogens is 1. The highest BCUT2D eigenvalue weighted by atomic mass is 35.5. The SMILES string of the molecule is Cc1ncc(C(O)c2cccc(Cl)c2Cl)s1. The van der Waals surface area contributed by atoms with Crippen LogP contribution in [0.25, 0.3) is 0 Å². The molecule has 0 amide bonds. The predicted octanol–water partition coefficient (Wildman–Crippen LogP) is 3.84. The summed E-state index contributed by atoms with van der Waals surface area (Å²) in [5.74, 6) is 0. The molecule has 1 heterocycles. The Labute approximate surface area is 107 Å². The largest absolute Gasteiger partial charge is 0.383 e. The molecule has 84 valence electrons. The quantitative estimate of drug-likeness (QED) is 0.902. The maximum absolute atomic E-state index is 10.1. The summed E-state index contributed by atoms with van der Waals surface area (Å²) in [6, 6.07) is 5.21. The van der Waals surface area contributed by atoms with Gasteiger partial charge in [-0.25, -0.2) is 4.98 Å². The Hall–Kier alpha value is -0.610. The van der Waals surface area contributed by atoms with Crippen molar-refractivity contribution in [1.29, 1.82) is 0 Å². The minimum Gasteiger partial charge on any atom is -0.383 e. The van der Waals surface area contributed by atoms with E-state index in [0.717, 1.165) is 9.88 Å². The summed E-state index contributed by atoms with van der Waals surface area (Å²) in [5, 5.41) is 11.9. The number of hydrogen-bond acceptors (Lipinski definition) is 3. The highest BCUT2D eigenvalue weighted by Gasteiger charge is 2.17. The van der Waals surface area contributed by atoms with Crippen molar-refractivity contribution < 1.29 is 5.11 Å². The zero-order valence-corrected chi connectivity index (χ0v) is 10.8. The number of nitrogens with zero attached hydrogens (tertiary/aromatic N) is 1. The molecule has 2 rings (SSSR count). The fourth-order valence-corrected chi connectivity index (χ4v) is 2.59. The molecule has 1 unspecified atom stereocenters. The topological polar surface area (TPSA) is 33.1 Å². The van der Waals surface area contributed by atoms with Gasteiger partial charge in [0, 0.05) is 11.8 Å². The van der Waals surface area contributed by atoms with Crippen LogP contribution in [0, 0.1) is 6.92 Å². The van der Waals surface area contributed by atoms with E-state index in [1.54, 1.807) is 24.4 Å². The lowest BCUT2D eigenvalue weighted by molar-refractivity contribution is 0.224. The number of rotatable bonds is 2. The van der Waals surface area contributed by atoms with Crippen LogP contribution in [0.2, 0.25) is 10.0 Å². The van der Waals surface area contributed by atoms with Crippen molar-refractivity contribution in [2.24, 2.45) is 0 Å². The minimum absolute atomic E-state index is 0.391. The van der Waals surface area contributed by atoms with E-state index in [4.69, 9.17) is 23.2 Å². The van der Waals surface area contributed by atoms with Gasteiger partial charge in [0.05, 0.1) is 19.9 Å². The van der Waals surface area contributed by atoms with Gasteiger partial charge in [0.15, 0.2) is 0 Å². The lowest BCUT2D eigenvalue weighted by Gasteiger charge is -2.11. The number of hydrogen-bond donors (Lipinski definition) is 1. The Balaban J connectivity index is 2.41. The lowest BCUT2D eigenvalue weighted by atomic mass is 10.1.